The SMILES string of the molecule is Cc1cncc(C(O)NN)c1. The standard InChI is InChI=1S/C7H11N3O/c1-5-2-6(4-9-3-5)7(11)10-8/h2-4,7,10-11H,8H2,1H3. The maximum absolute atomic E-state index is 9.18. The number of aliphatic hydroxyl groups is 1. The zero-order valence-electron chi connectivity index (χ0n) is 6.28. The average Bonchev–Trinajstić information content (AvgIpc) is 2.03. The minimum Gasteiger partial charge on any atom is -0.373 e. The fourth-order valence-corrected chi connectivity index (χ4v) is 0.824. The van der Waals surface area contributed by atoms with Gasteiger partial charge in [0.05, 0.1) is 0 Å². The van der Waals surface area contributed by atoms with Gasteiger partial charge in [0.25, 0.3) is 0 Å². The van der Waals surface area contributed by atoms with Crippen LogP contribution < -0.4 is 11.3 Å². The number of nitrogens with one attached hydrogen (secondary N) is 1. The molecular formula is C7H11N3O. The van der Waals surface area contributed by atoms with E-state index >= 15 is 0 Å². The van der Waals surface area contributed by atoms with Crippen LogP contribution in [0.3, 0.4) is 0 Å². The molecule has 0 aromatic carbocycles. The van der Waals surface area contributed by atoms with Crippen LogP contribution in [-0.2, 0) is 0 Å². The third-order valence-electron chi connectivity index (χ3n) is 1.37. The number of nitrogens with two attached hydrogens (primary N) is 1. The first kappa shape index (κ1) is 8.13. The van der Waals surface area contributed by atoms with Crippen molar-refractivity contribution in [1.82, 2.24) is 10.4 Å². The minimum absolute atomic E-state index is 0.674. The molecule has 4 nitrogen and oxygen atoms in total. The van der Waals surface area contributed by atoms with Gasteiger partial charge in [-0.2, -0.15) is 0 Å². The van der Waals surface area contributed by atoms with Crippen molar-refractivity contribution >= 4 is 0 Å². The maximum atomic E-state index is 9.18. The van der Waals surface area contributed by atoms with Crippen LogP contribution >= 0.6 is 0 Å². The van der Waals surface area contributed by atoms with Crippen LogP contribution in [0.1, 0.15) is 17.4 Å². The molecule has 1 aromatic heterocycles. The Hall–Kier alpha value is -0.970. The minimum atomic E-state index is -0.831. The number of rotatable bonds is 2. The molecule has 0 amide bonds. The van der Waals surface area contributed by atoms with E-state index in [1.165, 1.54) is 0 Å². The molecule has 11 heavy (non-hydrogen) atoms. The van der Waals surface area contributed by atoms with Crippen LogP contribution in [-0.4, -0.2) is 10.1 Å². The molecule has 0 radical (unpaired) electrons. The normalized spacial score (nSPS) is 13.0. The number of aromatic nitrogens is 1. The summed E-state index contributed by atoms with van der Waals surface area (Å²) in [5.74, 6) is 5.03. The molecule has 0 aliphatic heterocycles. The molecular weight excluding hydrogens is 142 g/mol. The number of hydrogen-bond donors (Lipinski definition) is 3. The maximum Gasteiger partial charge on any atom is 0.144 e. The zero-order chi connectivity index (χ0) is 8.27. The first-order valence-corrected chi connectivity index (χ1v) is 3.30. The Bertz CT molecular complexity index is 239. The largest absolute Gasteiger partial charge is 0.373 e. The lowest BCUT2D eigenvalue weighted by Gasteiger charge is -2.08. The molecule has 0 fully saturated rings. The van der Waals surface area contributed by atoms with Crippen molar-refractivity contribution in [2.24, 2.45) is 5.84 Å². The summed E-state index contributed by atoms with van der Waals surface area (Å²) < 4.78 is 0. The van der Waals surface area contributed by atoms with E-state index in [-0.39, 0.29) is 0 Å². The second kappa shape index (κ2) is 3.43. The molecule has 1 unspecified atom stereocenters. The van der Waals surface area contributed by atoms with E-state index in [4.69, 9.17) is 5.84 Å². The highest BCUT2D eigenvalue weighted by molar-refractivity contribution is 5.17. The van der Waals surface area contributed by atoms with Crippen LogP contribution in [0.4, 0.5) is 0 Å². The molecule has 4 N–H and O–H groups in total. The van der Waals surface area contributed by atoms with Crippen LogP contribution in [0.15, 0.2) is 18.5 Å². The van der Waals surface area contributed by atoms with Crippen molar-refractivity contribution in [1.29, 1.82) is 0 Å². The van der Waals surface area contributed by atoms with Gasteiger partial charge in [0, 0.05) is 18.0 Å². The summed E-state index contributed by atoms with van der Waals surface area (Å²) in [7, 11) is 0. The number of pyridine rings is 1. The summed E-state index contributed by atoms with van der Waals surface area (Å²) in [4.78, 5) is 3.90. The molecule has 60 valence electrons. The van der Waals surface area contributed by atoms with Gasteiger partial charge >= 0.3 is 0 Å². The van der Waals surface area contributed by atoms with Gasteiger partial charge in [-0.25, -0.2) is 5.43 Å². The Morgan fingerprint density at radius 2 is 2.36 bits per heavy atom. The number of aliphatic hydroxyl groups excluding tert-OH is 1. The summed E-state index contributed by atoms with van der Waals surface area (Å²) in [5, 5.41) is 9.18. The van der Waals surface area contributed by atoms with Gasteiger partial charge in [-0.3, -0.25) is 10.8 Å². The van der Waals surface area contributed by atoms with E-state index in [0.717, 1.165) is 5.56 Å². The summed E-state index contributed by atoms with van der Waals surface area (Å²) in [6, 6.07) is 1.82. The number of aryl methyl sites for hydroxylation is 1. The second-order valence-corrected chi connectivity index (χ2v) is 2.36. The van der Waals surface area contributed by atoms with Crippen LogP contribution in [0.25, 0.3) is 0 Å². The van der Waals surface area contributed by atoms with Crippen LogP contribution in [0, 0.1) is 6.92 Å². The van der Waals surface area contributed by atoms with E-state index < -0.39 is 6.23 Å². The molecule has 1 rings (SSSR count). The van der Waals surface area contributed by atoms with E-state index in [1.807, 2.05) is 13.0 Å². The van der Waals surface area contributed by atoms with Crippen molar-refractivity contribution in [2.45, 2.75) is 13.2 Å². The second-order valence-electron chi connectivity index (χ2n) is 2.36. The van der Waals surface area contributed by atoms with Crippen LogP contribution in [0.5, 0.6) is 0 Å². The average molecular weight is 153 g/mol. The Morgan fingerprint density at radius 3 is 2.91 bits per heavy atom. The molecule has 4 heteroatoms. The summed E-state index contributed by atoms with van der Waals surface area (Å²) in [6.45, 7) is 1.90. The lowest BCUT2D eigenvalue weighted by molar-refractivity contribution is 0.139. The smallest absolute Gasteiger partial charge is 0.144 e. The van der Waals surface area contributed by atoms with Gasteiger partial charge in [-0.05, 0) is 18.6 Å². The van der Waals surface area contributed by atoms with Crippen molar-refractivity contribution in [3.63, 3.8) is 0 Å². The van der Waals surface area contributed by atoms with E-state index in [9.17, 15) is 5.11 Å². The van der Waals surface area contributed by atoms with E-state index in [0.29, 0.717) is 5.56 Å². The predicted octanol–water partition coefficient (Wildman–Crippen LogP) is -0.156. The molecule has 0 aliphatic carbocycles. The van der Waals surface area contributed by atoms with Crippen LogP contribution in [0.2, 0.25) is 0 Å². The number of nitrogens with zero attached hydrogens (tertiary/aromatic N) is 1. The fraction of sp³-hybridized carbons (Fsp3) is 0.286. The molecule has 0 saturated carbocycles. The lowest BCUT2D eigenvalue weighted by atomic mass is 10.2. The van der Waals surface area contributed by atoms with Gasteiger partial charge in [-0.1, -0.05) is 0 Å². The Balaban J connectivity index is 2.86. The molecule has 0 spiro atoms. The summed E-state index contributed by atoms with van der Waals surface area (Å²) >= 11 is 0. The quantitative estimate of drug-likeness (QED) is 0.314. The number of hydrogen-bond acceptors (Lipinski definition) is 4. The molecule has 0 aliphatic rings. The molecule has 1 atom stereocenters. The molecule has 0 bridgehead atoms. The van der Waals surface area contributed by atoms with Crippen molar-refractivity contribution < 1.29 is 5.11 Å². The number of hydrazine groups is 1. The topological polar surface area (TPSA) is 71.2 Å². The zero-order valence-corrected chi connectivity index (χ0v) is 6.28. The third-order valence-corrected chi connectivity index (χ3v) is 1.37. The highest BCUT2D eigenvalue weighted by atomic mass is 16.3. The summed E-state index contributed by atoms with van der Waals surface area (Å²) in [6.07, 6.45) is 2.45. The first-order chi connectivity index (χ1) is 5.24. The highest BCUT2D eigenvalue weighted by Crippen LogP contribution is 2.07. The van der Waals surface area contributed by atoms with Gasteiger partial charge in [0.1, 0.15) is 6.23 Å². The van der Waals surface area contributed by atoms with Gasteiger partial charge in [-0.15, -0.1) is 0 Å². The Kier molecular flexibility index (Phi) is 2.53. The van der Waals surface area contributed by atoms with Gasteiger partial charge < -0.3 is 5.11 Å². The molecule has 1 aromatic rings. The highest BCUT2D eigenvalue weighted by Gasteiger charge is 2.03. The monoisotopic (exact) mass is 153 g/mol. The Morgan fingerprint density at radius 1 is 1.64 bits per heavy atom. The van der Waals surface area contributed by atoms with Crippen molar-refractivity contribution in [3.05, 3.63) is 29.6 Å². The van der Waals surface area contributed by atoms with Gasteiger partial charge in [0.15, 0.2) is 0 Å². The van der Waals surface area contributed by atoms with E-state index in [2.05, 4.69) is 10.4 Å². The van der Waals surface area contributed by atoms with Crippen molar-refractivity contribution in [3.8, 4) is 0 Å². The van der Waals surface area contributed by atoms with Crippen molar-refractivity contribution in [2.75, 3.05) is 0 Å². The summed E-state index contributed by atoms with van der Waals surface area (Å²) in [5.41, 5.74) is 3.89. The van der Waals surface area contributed by atoms with Gasteiger partial charge in [0.2, 0.25) is 0 Å². The van der Waals surface area contributed by atoms with E-state index in [1.54, 1.807) is 12.4 Å². The first-order valence-electron chi connectivity index (χ1n) is 3.30. The lowest BCUT2D eigenvalue weighted by Crippen LogP contribution is -2.27. The molecule has 1 heterocycles. The fourth-order valence-electron chi connectivity index (χ4n) is 0.824. The third kappa shape index (κ3) is 1.98. The molecule has 0 saturated heterocycles. The Labute approximate surface area is 65.0 Å². The predicted molar refractivity (Wildman–Crippen MR) is 41.3 cm³/mol.